The number of hydrogen-bond donors (Lipinski definition) is 0. The van der Waals surface area contributed by atoms with Gasteiger partial charge < -0.3 is 9.47 Å². The van der Waals surface area contributed by atoms with Crippen molar-refractivity contribution in [1.29, 1.82) is 0 Å². The Morgan fingerprint density at radius 3 is 2.21 bits per heavy atom. The van der Waals surface area contributed by atoms with Crippen LogP contribution >= 0.6 is 22.6 Å². The highest BCUT2D eigenvalue weighted by Crippen LogP contribution is 2.31. The SMILES string of the molecule is CCCc1cc(OC)c(OC)cc1I. The van der Waals surface area contributed by atoms with E-state index in [0.717, 1.165) is 24.3 Å². The Morgan fingerprint density at radius 1 is 1.14 bits per heavy atom. The molecule has 3 heteroatoms. The molecule has 0 spiro atoms. The van der Waals surface area contributed by atoms with E-state index in [9.17, 15) is 0 Å². The number of hydrogen-bond acceptors (Lipinski definition) is 2. The lowest BCUT2D eigenvalue weighted by atomic mass is 10.1. The molecule has 0 heterocycles. The van der Waals surface area contributed by atoms with E-state index in [1.807, 2.05) is 6.07 Å². The van der Waals surface area contributed by atoms with Crippen LogP contribution in [0, 0.1) is 3.57 Å². The van der Waals surface area contributed by atoms with Crippen molar-refractivity contribution in [1.82, 2.24) is 0 Å². The van der Waals surface area contributed by atoms with Crippen LogP contribution in [0.1, 0.15) is 18.9 Å². The maximum atomic E-state index is 5.25. The predicted octanol–water partition coefficient (Wildman–Crippen LogP) is 3.26. The number of benzene rings is 1. The summed E-state index contributed by atoms with van der Waals surface area (Å²) in [5.41, 5.74) is 1.32. The van der Waals surface area contributed by atoms with E-state index in [1.165, 1.54) is 9.13 Å². The number of rotatable bonds is 4. The van der Waals surface area contributed by atoms with Gasteiger partial charge in [-0.2, -0.15) is 0 Å². The first-order chi connectivity index (χ1) is 6.72. The molecule has 14 heavy (non-hydrogen) atoms. The molecule has 0 saturated heterocycles. The maximum absolute atomic E-state index is 5.25. The predicted molar refractivity (Wildman–Crippen MR) is 66.3 cm³/mol. The van der Waals surface area contributed by atoms with Gasteiger partial charge in [-0.3, -0.25) is 0 Å². The number of aryl methyl sites for hydroxylation is 1. The third-order valence-electron chi connectivity index (χ3n) is 2.07. The summed E-state index contributed by atoms with van der Waals surface area (Å²) in [5, 5.41) is 0. The van der Waals surface area contributed by atoms with Gasteiger partial charge in [0.2, 0.25) is 0 Å². The summed E-state index contributed by atoms with van der Waals surface area (Å²) in [5.74, 6) is 1.62. The Balaban J connectivity index is 3.09. The minimum absolute atomic E-state index is 0.803. The zero-order valence-electron chi connectivity index (χ0n) is 8.76. The fraction of sp³-hybridized carbons (Fsp3) is 0.455. The lowest BCUT2D eigenvalue weighted by molar-refractivity contribution is 0.354. The number of halogens is 1. The van der Waals surface area contributed by atoms with Gasteiger partial charge in [-0.15, -0.1) is 0 Å². The Bertz CT molecular complexity index is 310. The second-order valence-corrected chi connectivity index (χ2v) is 4.21. The summed E-state index contributed by atoms with van der Waals surface area (Å²) in [6.45, 7) is 2.17. The van der Waals surface area contributed by atoms with E-state index in [0.29, 0.717) is 0 Å². The first-order valence-corrected chi connectivity index (χ1v) is 5.71. The van der Waals surface area contributed by atoms with Crippen LogP contribution in [0.3, 0.4) is 0 Å². The molecule has 0 unspecified atom stereocenters. The van der Waals surface area contributed by atoms with Crippen LogP contribution in [0.15, 0.2) is 12.1 Å². The van der Waals surface area contributed by atoms with Gasteiger partial charge in [-0.05, 0) is 46.7 Å². The molecule has 0 fully saturated rings. The number of methoxy groups -OCH3 is 2. The second kappa shape index (κ2) is 5.44. The summed E-state index contributed by atoms with van der Waals surface area (Å²) in [6.07, 6.45) is 2.23. The third-order valence-corrected chi connectivity index (χ3v) is 3.08. The highest BCUT2D eigenvalue weighted by molar-refractivity contribution is 14.1. The highest BCUT2D eigenvalue weighted by atomic mass is 127. The molecule has 0 amide bonds. The van der Waals surface area contributed by atoms with Gasteiger partial charge in [-0.1, -0.05) is 13.3 Å². The van der Waals surface area contributed by atoms with Gasteiger partial charge in [-0.25, -0.2) is 0 Å². The lowest BCUT2D eigenvalue weighted by Gasteiger charge is -2.11. The van der Waals surface area contributed by atoms with Gasteiger partial charge >= 0.3 is 0 Å². The van der Waals surface area contributed by atoms with Crippen LogP contribution in [-0.4, -0.2) is 14.2 Å². The first-order valence-electron chi connectivity index (χ1n) is 4.63. The maximum Gasteiger partial charge on any atom is 0.161 e. The largest absolute Gasteiger partial charge is 0.493 e. The summed E-state index contributed by atoms with van der Waals surface area (Å²) >= 11 is 2.33. The molecular weight excluding hydrogens is 291 g/mol. The van der Waals surface area contributed by atoms with Crippen molar-refractivity contribution in [3.8, 4) is 11.5 Å². The zero-order chi connectivity index (χ0) is 10.6. The first kappa shape index (κ1) is 11.6. The van der Waals surface area contributed by atoms with Crippen LogP contribution in [0.25, 0.3) is 0 Å². The summed E-state index contributed by atoms with van der Waals surface area (Å²) in [6, 6.07) is 4.08. The molecule has 0 N–H and O–H groups in total. The van der Waals surface area contributed by atoms with E-state index in [2.05, 4.69) is 35.6 Å². The van der Waals surface area contributed by atoms with Crippen LogP contribution in [0.4, 0.5) is 0 Å². The molecule has 0 radical (unpaired) electrons. The van der Waals surface area contributed by atoms with Crippen LogP contribution in [0.2, 0.25) is 0 Å². The van der Waals surface area contributed by atoms with Crippen LogP contribution in [0.5, 0.6) is 11.5 Å². The monoisotopic (exact) mass is 306 g/mol. The van der Waals surface area contributed by atoms with Crippen molar-refractivity contribution in [2.75, 3.05) is 14.2 Å². The Morgan fingerprint density at radius 2 is 1.71 bits per heavy atom. The zero-order valence-corrected chi connectivity index (χ0v) is 10.9. The molecule has 0 aliphatic rings. The van der Waals surface area contributed by atoms with Crippen molar-refractivity contribution >= 4 is 22.6 Å². The van der Waals surface area contributed by atoms with Crippen molar-refractivity contribution < 1.29 is 9.47 Å². The molecule has 0 aliphatic carbocycles. The Labute approximate surface area is 98.7 Å². The molecule has 0 saturated carbocycles. The van der Waals surface area contributed by atoms with Gasteiger partial charge in [0, 0.05) is 3.57 Å². The lowest BCUT2D eigenvalue weighted by Crippen LogP contribution is -1.95. The standard InChI is InChI=1S/C11H15IO2/c1-4-5-8-6-10(13-2)11(14-3)7-9(8)12/h6-7H,4-5H2,1-3H3. The molecule has 2 nitrogen and oxygen atoms in total. The molecule has 1 aromatic carbocycles. The minimum atomic E-state index is 0.803. The molecule has 1 aromatic rings. The average molecular weight is 306 g/mol. The molecule has 0 aliphatic heterocycles. The van der Waals surface area contributed by atoms with E-state index in [1.54, 1.807) is 14.2 Å². The molecular formula is C11H15IO2. The third kappa shape index (κ3) is 2.53. The minimum Gasteiger partial charge on any atom is -0.493 e. The topological polar surface area (TPSA) is 18.5 Å². The van der Waals surface area contributed by atoms with Crippen LogP contribution < -0.4 is 9.47 Å². The van der Waals surface area contributed by atoms with Gasteiger partial charge in [0.1, 0.15) is 0 Å². The second-order valence-electron chi connectivity index (χ2n) is 3.05. The quantitative estimate of drug-likeness (QED) is 0.795. The fourth-order valence-corrected chi connectivity index (χ4v) is 2.07. The molecule has 1 rings (SSSR count). The average Bonchev–Trinajstić information content (AvgIpc) is 2.20. The number of ether oxygens (including phenoxy) is 2. The van der Waals surface area contributed by atoms with Crippen LogP contribution in [-0.2, 0) is 6.42 Å². The van der Waals surface area contributed by atoms with Crippen molar-refractivity contribution in [3.05, 3.63) is 21.3 Å². The molecule has 0 bridgehead atoms. The molecule has 78 valence electrons. The summed E-state index contributed by atoms with van der Waals surface area (Å²) < 4.78 is 11.7. The van der Waals surface area contributed by atoms with Gasteiger partial charge in [0.15, 0.2) is 11.5 Å². The normalized spacial score (nSPS) is 10.0. The van der Waals surface area contributed by atoms with E-state index in [4.69, 9.17) is 9.47 Å². The van der Waals surface area contributed by atoms with E-state index in [-0.39, 0.29) is 0 Å². The highest BCUT2D eigenvalue weighted by Gasteiger charge is 2.08. The summed E-state index contributed by atoms with van der Waals surface area (Å²) in [4.78, 5) is 0. The van der Waals surface area contributed by atoms with Crippen molar-refractivity contribution in [3.63, 3.8) is 0 Å². The molecule has 0 atom stereocenters. The Hall–Kier alpha value is -0.450. The van der Waals surface area contributed by atoms with E-state index < -0.39 is 0 Å². The van der Waals surface area contributed by atoms with Gasteiger partial charge in [0.05, 0.1) is 14.2 Å². The Kier molecular flexibility index (Phi) is 4.51. The van der Waals surface area contributed by atoms with E-state index >= 15 is 0 Å². The fourth-order valence-electron chi connectivity index (χ4n) is 1.36. The smallest absolute Gasteiger partial charge is 0.161 e. The van der Waals surface area contributed by atoms with Gasteiger partial charge in [0.25, 0.3) is 0 Å². The molecule has 0 aromatic heterocycles. The van der Waals surface area contributed by atoms with Crippen molar-refractivity contribution in [2.45, 2.75) is 19.8 Å². The summed E-state index contributed by atoms with van der Waals surface area (Å²) in [7, 11) is 3.33. The van der Waals surface area contributed by atoms with Crippen molar-refractivity contribution in [2.24, 2.45) is 0 Å².